The van der Waals surface area contributed by atoms with Gasteiger partial charge in [0.05, 0.1) is 31.8 Å². The normalized spacial score (nSPS) is 12.3. The third kappa shape index (κ3) is 5.82. The van der Waals surface area contributed by atoms with E-state index in [1.54, 1.807) is 36.4 Å². The topological polar surface area (TPSA) is 89.8 Å². The summed E-state index contributed by atoms with van der Waals surface area (Å²) in [6.07, 6.45) is 0. The summed E-state index contributed by atoms with van der Waals surface area (Å²) in [6, 6.07) is 16.0. The highest BCUT2D eigenvalue weighted by molar-refractivity contribution is 7.92. The Kier molecular flexibility index (Phi) is 8.17. The number of sulfonamides is 1. The van der Waals surface area contributed by atoms with Gasteiger partial charge in [0.25, 0.3) is 15.9 Å². The van der Waals surface area contributed by atoms with Gasteiger partial charge in [0.2, 0.25) is 0 Å². The summed E-state index contributed by atoms with van der Waals surface area (Å²) in [5.74, 6) is -0.480. The van der Waals surface area contributed by atoms with Crippen molar-refractivity contribution < 1.29 is 17.9 Å². The minimum absolute atomic E-state index is 0.155. The fraction of sp³-hybridized carbons (Fsp3) is 0.200. The number of ether oxygens (including phenoxy) is 1. The lowest BCUT2D eigenvalue weighted by Gasteiger charge is -2.09. The van der Waals surface area contributed by atoms with E-state index in [0.717, 1.165) is 10.3 Å². The molecule has 4 rings (SSSR count). The fourth-order valence-corrected chi connectivity index (χ4v) is 6.20. The Morgan fingerprint density at radius 3 is 2.36 bits per heavy atom. The molecule has 1 heterocycles. The molecule has 11 heteroatoms. The summed E-state index contributed by atoms with van der Waals surface area (Å²) >= 11 is 14.1. The molecule has 7 nitrogen and oxygen atoms in total. The molecule has 0 unspecified atom stereocenters. The maximum absolute atomic E-state index is 13.0. The first-order chi connectivity index (χ1) is 17.2. The lowest BCUT2D eigenvalue weighted by molar-refractivity contribution is 0.0996. The largest absolute Gasteiger partial charge is 0.380 e. The van der Waals surface area contributed by atoms with E-state index < -0.39 is 15.9 Å². The van der Waals surface area contributed by atoms with Crippen LogP contribution in [0, 0.1) is 6.92 Å². The Hall–Kier alpha value is -2.69. The lowest BCUT2D eigenvalue weighted by Crippen LogP contribution is -2.20. The third-order valence-electron chi connectivity index (χ3n) is 5.30. The molecule has 188 valence electrons. The van der Waals surface area contributed by atoms with Crippen LogP contribution in [0.2, 0.25) is 10.0 Å². The van der Waals surface area contributed by atoms with Gasteiger partial charge in [-0.2, -0.15) is 4.99 Å². The van der Waals surface area contributed by atoms with Gasteiger partial charge in [0.15, 0.2) is 4.80 Å². The van der Waals surface area contributed by atoms with Crippen molar-refractivity contribution in [3.05, 3.63) is 86.6 Å². The van der Waals surface area contributed by atoms with Crippen LogP contribution in [0.3, 0.4) is 0 Å². The third-order valence-corrected chi connectivity index (χ3v) is 8.55. The van der Waals surface area contributed by atoms with Crippen LogP contribution in [0.4, 0.5) is 5.69 Å². The van der Waals surface area contributed by atoms with Crippen molar-refractivity contribution >= 4 is 66.4 Å². The minimum atomic E-state index is -3.75. The maximum atomic E-state index is 13.0. The number of nitrogens with zero attached hydrogens (tertiary/aromatic N) is 2. The molecule has 0 bridgehead atoms. The molecule has 36 heavy (non-hydrogen) atoms. The molecule has 0 aliphatic carbocycles. The number of halogens is 2. The van der Waals surface area contributed by atoms with Gasteiger partial charge >= 0.3 is 0 Å². The number of amides is 1. The van der Waals surface area contributed by atoms with Gasteiger partial charge in [-0.3, -0.25) is 9.52 Å². The summed E-state index contributed by atoms with van der Waals surface area (Å²) in [6.45, 7) is 5.21. The first kappa shape index (κ1) is 26.4. The van der Waals surface area contributed by atoms with E-state index in [1.807, 2.05) is 18.4 Å². The molecule has 0 saturated carbocycles. The smallest absolute Gasteiger partial charge is 0.279 e. The second-order valence-electron chi connectivity index (χ2n) is 7.85. The van der Waals surface area contributed by atoms with Gasteiger partial charge in [0.1, 0.15) is 0 Å². The van der Waals surface area contributed by atoms with E-state index >= 15 is 0 Å². The van der Waals surface area contributed by atoms with Crippen molar-refractivity contribution in [1.82, 2.24) is 4.57 Å². The predicted octanol–water partition coefficient (Wildman–Crippen LogP) is 5.90. The van der Waals surface area contributed by atoms with E-state index in [4.69, 9.17) is 27.9 Å². The number of carbonyl (C=O) groups is 1. The van der Waals surface area contributed by atoms with Crippen LogP contribution in [0.1, 0.15) is 22.8 Å². The second kappa shape index (κ2) is 11.1. The van der Waals surface area contributed by atoms with Gasteiger partial charge in [-0.25, -0.2) is 8.42 Å². The van der Waals surface area contributed by atoms with E-state index in [2.05, 4.69) is 9.71 Å². The van der Waals surface area contributed by atoms with Crippen molar-refractivity contribution in [1.29, 1.82) is 0 Å². The van der Waals surface area contributed by atoms with Crippen molar-refractivity contribution in [3.63, 3.8) is 0 Å². The average Bonchev–Trinajstić information content (AvgIpc) is 3.21. The van der Waals surface area contributed by atoms with E-state index in [1.165, 1.54) is 35.6 Å². The first-order valence-electron chi connectivity index (χ1n) is 11.0. The monoisotopic (exact) mass is 563 g/mol. The standard InChI is InChI=1S/C25H23Cl2N3O4S2/c1-3-34-15-14-30-22-20(26)12-13-21(27)23(22)35-25(30)28-24(31)17-6-8-18(9-7-17)29-36(32,33)19-10-4-16(2)5-11-19/h4-13,29H,3,14-15H2,1-2H3. The molecule has 0 spiro atoms. The van der Waals surface area contributed by atoms with E-state index in [0.29, 0.717) is 51.4 Å². The van der Waals surface area contributed by atoms with Gasteiger partial charge in [-0.1, -0.05) is 52.2 Å². The summed E-state index contributed by atoms with van der Waals surface area (Å²) in [4.78, 5) is 17.9. The number of aromatic nitrogens is 1. The highest BCUT2D eigenvalue weighted by Crippen LogP contribution is 2.32. The highest BCUT2D eigenvalue weighted by Gasteiger charge is 2.16. The molecule has 0 fully saturated rings. The van der Waals surface area contributed by atoms with Crippen molar-refractivity contribution in [2.75, 3.05) is 17.9 Å². The second-order valence-corrected chi connectivity index (χ2v) is 11.3. The zero-order valence-corrected chi connectivity index (χ0v) is 22.6. The number of aryl methyl sites for hydroxylation is 1. The minimum Gasteiger partial charge on any atom is -0.380 e. The quantitative estimate of drug-likeness (QED) is 0.270. The van der Waals surface area contributed by atoms with Crippen LogP contribution < -0.4 is 9.52 Å². The van der Waals surface area contributed by atoms with Crippen LogP contribution in [-0.2, 0) is 21.3 Å². The number of rotatable bonds is 8. The average molecular weight is 565 g/mol. The highest BCUT2D eigenvalue weighted by atomic mass is 35.5. The number of hydrogen-bond acceptors (Lipinski definition) is 5. The number of anilines is 1. The number of hydrogen-bond donors (Lipinski definition) is 1. The van der Waals surface area contributed by atoms with Gasteiger partial charge in [-0.05, 0) is 62.4 Å². The Morgan fingerprint density at radius 2 is 1.69 bits per heavy atom. The molecule has 3 aromatic carbocycles. The zero-order valence-electron chi connectivity index (χ0n) is 19.5. The Morgan fingerprint density at radius 1 is 1.03 bits per heavy atom. The Labute approximate surface area is 223 Å². The van der Waals surface area contributed by atoms with Crippen LogP contribution >= 0.6 is 34.5 Å². The Bertz CT molecular complexity index is 1580. The molecule has 1 N–H and O–H groups in total. The summed E-state index contributed by atoms with van der Waals surface area (Å²) in [5, 5.41) is 1.02. The molecular formula is C25H23Cl2N3O4S2. The predicted molar refractivity (Wildman–Crippen MR) is 145 cm³/mol. The van der Waals surface area contributed by atoms with Gasteiger partial charge < -0.3 is 9.30 Å². The number of thiazole rings is 1. The lowest BCUT2D eigenvalue weighted by atomic mass is 10.2. The molecule has 0 aliphatic heterocycles. The molecule has 1 aromatic heterocycles. The SMILES string of the molecule is CCOCCn1c(=NC(=O)c2ccc(NS(=O)(=O)c3ccc(C)cc3)cc2)sc2c(Cl)ccc(Cl)c21. The van der Waals surface area contributed by atoms with Crippen LogP contribution in [0.15, 0.2) is 70.6 Å². The molecule has 1 amide bonds. The molecule has 0 atom stereocenters. The van der Waals surface area contributed by atoms with Gasteiger partial charge in [0, 0.05) is 24.4 Å². The molecule has 0 aliphatic rings. The van der Waals surface area contributed by atoms with Crippen LogP contribution in [0.5, 0.6) is 0 Å². The Balaban J connectivity index is 1.62. The molecule has 4 aromatic rings. The molecule has 0 saturated heterocycles. The number of nitrogens with one attached hydrogen (secondary N) is 1. The van der Waals surface area contributed by atoms with Gasteiger partial charge in [-0.15, -0.1) is 0 Å². The summed E-state index contributed by atoms with van der Waals surface area (Å²) in [5.41, 5.74) is 2.29. The van der Waals surface area contributed by atoms with Crippen molar-refractivity contribution in [2.24, 2.45) is 4.99 Å². The molecule has 0 radical (unpaired) electrons. The van der Waals surface area contributed by atoms with Crippen LogP contribution in [0.25, 0.3) is 10.2 Å². The summed E-state index contributed by atoms with van der Waals surface area (Å²) < 4.78 is 35.8. The van der Waals surface area contributed by atoms with E-state index in [9.17, 15) is 13.2 Å². The maximum Gasteiger partial charge on any atom is 0.279 e. The molecular weight excluding hydrogens is 541 g/mol. The van der Waals surface area contributed by atoms with Crippen molar-refractivity contribution in [2.45, 2.75) is 25.3 Å². The van der Waals surface area contributed by atoms with Crippen LogP contribution in [-0.4, -0.2) is 32.1 Å². The fourth-order valence-electron chi connectivity index (χ4n) is 3.47. The number of fused-ring (bicyclic) bond motifs is 1. The summed E-state index contributed by atoms with van der Waals surface area (Å²) in [7, 11) is -3.75. The zero-order chi connectivity index (χ0) is 25.9. The first-order valence-corrected chi connectivity index (χ1v) is 14.1. The van der Waals surface area contributed by atoms with E-state index in [-0.39, 0.29) is 4.90 Å². The number of benzene rings is 3. The number of carbonyl (C=O) groups excluding carboxylic acids is 1. The van der Waals surface area contributed by atoms with Crippen molar-refractivity contribution in [3.8, 4) is 0 Å².